The number of rotatable bonds is 6. The minimum Gasteiger partial charge on any atom is -0.349 e. The number of amides is 4. The summed E-state index contributed by atoms with van der Waals surface area (Å²) in [4.78, 5) is 52.5. The summed E-state index contributed by atoms with van der Waals surface area (Å²) >= 11 is 0. The molecule has 166 valence electrons. The Morgan fingerprint density at radius 1 is 0.969 bits per heavy atom. The number of nitrogens with one attached hydrogen (secondary N) is 1. The highest BCUT2D eigenvalue weighted by Crippen LogP contribution is 2.23. The first kappa shape index (κ1) is 21.7. The van der Waals surface area contributed by atoms with Crippen LogP contribution < -0.4 is 5.32 Å². The number of carbonyl (C=O) groups is 4. The van der Waals surface area contributed by atoms with Crippen molar-refractivity contribution in [3.05, 3.63) is 71.0 Å². The molecule has 2 aromatic carbocycles. The molecule has 32 heavy (non-hydrogen) atoms. The second kappa shape index (κ2) is 9.30. The molecule has 4 amide bonds. The first-order valence-corrected chi connectivity index (χ1v) is 10.7. The van der Waals surface area contributed by atoms with Crippen molar-refractivity contribution in [2.24, 2.45) is 0 Å². The van der Waals surface area contributed by atoms with Gasteiger partial charge in [-0.05, 0) is 49.6 Å². The summed E-state index contributed by atoms with van der Waals surface area (Å²) in [5.41, 5.74) is 1.09. The molecule has 1 saturated heterocycles. The van der Waals surface area contributed by atoms with E-state index in [9.17, 15) is 23.6 Å². The number of likely N-dealkylation sites (tertiary alicyclic amines) is 1. The van der Waals surface area contributed by atoms with E-state index in [0.717, 1.165) is 0 Å². The number of nitrogens with zero attached hydrogens (tertiary/aromatic N) is 2. The van der Waals surface area contributed by atoms with Crippen LogP contribution in [0.4, 0.5) is 4.39 Å². The third-order valence-electron chi connectivity index (χ3n) is 5.92. The summed E-state index contributed by atoms with van der Waals surface area (Å²) in [6, 6.07) is 12.2. The van der Waals surface area contributed by atoms with E-state index in [1.807, 2.05) is 0 Å². The van der Waals surface area contributed by atoms with Crippen LogP contribution in [0.3, 0.4) is 0 Å². The minimum atomic E-state index is -0.459. The summed E-state index contributed by atoms with van der Waals surface area (Å²) in [6.07, 6.45) is 1.88. The van der Waals surface area contributed by atoms with E-state index in [1.54, 1.807) is 35.2 Å². The maximum atomic E-state index is 13.3. The lowest BCUT2D eigenvalue weighted by molar-refractivity contribution is -0.132. The Labute approximate surface area is 185 Å². The SMILES string of the molecule is O=C(NC1CCN(C(=O)CCCN2C(=O)c3ccccc3C2=O)CC1)c1cccc(F)c1. The Hall–Kier alpha value is -3.55. The highest BCUT2D eigenvalue weighted by Gasteiger charge is 2.34. The molecule has 0 aromatic heterocycles. The van der Waals surface area contributed by atoms with Gasteiger partial charge in [-0.1, -0.05) is 18.2 Å². The molecule has 0 radical (unpaired) electrons. The molecule has 2 aromatic rings. The van der Waals surface area contributed by atoms with Gasteiger partial charge in [0.25, 0.3) is 17.7 Å². The first-order chi connectivity index (χ1) is 15.4. The molecule has 2 aliphatic rings. The van der Waals surface area contributed by atoms with Crippen LogP contribution >= 0.6 is 0 Å². The molecule has 0 saturated carbocycles. The van der Waals surface area contributed by atoms with Gasteiger partial charge in [0.15, 0.2) is 0 Å². The van der Waals surface area contributed by atoms with Gasteiger partial charge >= 0.3 is 0 Å². The minimum absolute atomic E-state index is 0.0310. The largest absolute Gasteiger partial charge is 0.349 e. The molecule has 7 nitrogen and oxygen atoms in total. The number of halogens is 1. The van der Waals surface area contributed by atoms with Gasteiger partial charge in [0.05, 0.1) is 11.1 Å². The fourth-order valence-corrected chi connectivity index (χ4v) is 4.16. The molecule has 0 bridgehead atoms. The molecule has 1 N–H and O–H groups in total. The summed E-state index contributed by atoms with van der Waals surface area (Å²) in [5, 5.41) is 2.90. The van der Waals surface area contributed by atoms with E-state index in [1.165, 1.54) is 23.1 Å². The molecule has 0 atom stereocenters. The topological polar surface area (TPSA) is 86.8 Å². The second-order valence-corrected chi connectivity index (χ2v) is 8.05. The fourth-order valence-electron chi connectivity index (χ4n) is 4.16. The van der Waals surface area contributed by atoms with Crippen molar-refractivity contribution < 1.29 is 23.6 Å². The van der Waals surface area contributed by atoms with Crippen LogP contribution in [0.15, 0.2) is 48.5 Å². The van der Waals surface area contributed by atoms with Crippen molar-refractivity contribution in [3.8, 4) is 0 Å². The van der Waals surface area contributed by atoms with Crippen LogP contribution in [0, 0.1) is 5.82 Å². The number of carbonyl (C=O) groups excluding carboxylic acids is 4. The molecule has 0 unspecified atom stereocenters. The Morgan fingerprint density at radius 3 is 2.25 bits per heavy atom. The molecule has 0 aliphatic carbocycles. The monoisotopic (exact) mass is 437 g/mol. The molecular weight excluding hydrogens is 413 g/mol. The fraction of sp³-hybridized carbons (Fsp3) is 0.333. The van der Waals surface area contributed by atoms with Gasteiger partial charge < -0.3 is 10.2 Å². The van der Waals surface area contributed by atoms with Crippen LogP contribution in [-0.2, 0) is 4.79 Å². The molecule has 1 fully saturated rings. The van der Waals surface area contributed by atoms with E-state index < -0.39 is 5.82 Å². The smallest absolute Gasteiger partial charge is 0.261 e. The number of fused-ring (bicyclic) bond motifs is 1. The second-order valence-electron chi connectivity index (χ2n) is 8.05. The molecule has 2 heterocycles. The van der Waals surface area contributed by atoms with Gasteiger partial charge in [-0.2, -0.15) is 0 Å². The highest BCUT2D eigenvalue weighted by molar-refractivity contribution is 6.21. The van der Waals surface area contributed by atoms with Crippen molar-refractivity contribution >= 4 is 23.6 Å². The lowest BCUT2D eigenvalue weighted by Crippen LogP contribution is -2.46. The zero-order valence-corrected chi connectivity index (χ0v) is 17.6. The summed E-state index contributed by atoms with van der Waals surface area (Å²) in [6.45, 7) is 1.23. The Bertz CT molecular complexity index is 1030. The molecule has 0 spiro atoms. The lowest BCUT2D eigenvalue weighted by Gasteiger charge is -2.32. The van der Waals surface area contributed by atoms with Gasteiger partial charge in [0, 0.05) is 37.7 Å². The number of hydrogen-bond donors (Lipinski definition) is 1. The van der Waals surface area contributed by atoms with E-state index in [0.29, 0.717) is 43.5 Å². The van der Waals surface area contributed by atoms with Crippen LogP contribution in [0.2, 0.25) is 0 Å². The van der Waals surface area contributed by atoms with Gasteiger partial charge in [0.2, 0.25) is 5.91 Å². The Balaban J connectivity index is 1.20. The van der Waals surface area contributed by atoms with Crippen LogP contribution in [0.5, 0.6) is 0 Å². The van der Waals surface area contributed by atoms with Gasteiger partial charge in [-0.3, -0.25) is 24.1 Å². The van der Waals surface area contributed by atoms with Crippen molar-refractivity contribution in [1.29, 1.82) is 0 Å². The molecule has 8 heteroatoms. The van der Waals surface area contributed by atoms with Gasteiger partial charge in [-0.15, -0.1) is 0 Å². The summed E-state index contributed by atoms with van der Waals surface area (Å²) < 4.78 is 13.3. The zero-order chi connectivity index (χ0) is 22.7. The van der Waals surface area contributed by atoms with Crippen molar-refractivity contribution in [2.45, 2.75) is 31.7 Å². The number of benzene rings is 2. The average Bonchev–Trinajstić information content (AvgIpc) is 3.04. The first-order valence-electron chi connectivity index (χ1n) is 10.7. The summed E-state index contributed by atoms with van der Waals surface area (Å²) in [5.74, 6) is -1.44. The average molecular weight is 437 g/mol. The van der Waals surface area contributed by atoms with Crippen molar-refractivity contribution in [2.75, 3.05) is 19.6 Å². The maximum Gasteiger partial charge on any atom is 0.261 e. The third kappa shape index (κ3) is 4.54. The number of hydrogen-bond acceptors (Lipinski definition) is 4. The van der Waals surface area contributed by atoms with E-state index in [4.69, 9.17) is 0 Å². The summed E-state index contributed by atoms with van der Waals surface area (Å²) in [7, 11) is 0. The van der Waals surface area contributed by atoms with Crippen molar-refractivity contribution in [1.82, 2.24) is 15.1 Å². The Morgan fingerprint density at radius 2 is 1.62 bits per heavy atom. The van der Waals surface area contributed by atoms with Crippen LogP contribution in [-0.4, -0.2) is 59.1 Å². The predicted molar refractivity (Wildman–Crippen MR) is 115 cm³/mol. The number of imide groups is 1. The predicted octanol–water partition coefficient (Wildman–Crippen LogP) is 2.62. The van der Waals surface area contributed by atoms with Gasteiger partial charge in [-0.25, -0.2) is 4.39 Å². The molecule has 4 rings (SSSR count). The molecular formula is C24H24FN3O4. The van der Waals surface area contributed by atoms with Gasteiger partial charge in [0.1, 0.15) is 5.82 Å². The normalized spacial score (nSPS) is 16.3. The van der Waals surface area contributed by atoms with E-state index in [-0.39, 0.29) is 48.2 Å². The lowest BCUT2D eigenvalue weighted by atomic mass is 10.0. The van der Waals surface area contributed by atoms with E-state index in [2.05, 4.69) is 5.32 Å². The van der Waals surface area contributed by atoms with E-state index >= 15 is 0 Å². The Kier molecular flexibility index (Phi) is 6.30. The van der Waals surface area contributed by atoms with Crippen LogP contribution in [0.1, 0.15) is 56.8 Å². The quantitative estimate of drug-likeness (QED) is 0.704. The zero-order valence-electron chi connectivity index (χ0n) is 17.6. The third-order valence-corrected chi connectivity index (χ3v) is 5.92. The molecule has 2 aliphatic heterocycles. The highest BCUT2D eigenvalue weighted by atomic mass is 19.1. The standard InChI is InChI=1S/C24H24FN3O4/c25-17-6-3-5-16(15-17)22(30)26-18-10-13-27(14-11-18)21(29)9-4-12-28-23(31)19-7-1-2-8-20(19)24(28)32/h1-3,5-8,15,18H,4,9-14H2,(H,26,30). The number of piperidine rings is 1. The van der Waals surface area contributed by atoms with Crippen molar-refractivity contribution in [3.63, 3.8) is 0 Å². The van der Waals surface area contributed by atoms with Crippen LogP contribution in [0.25, 0.3) is 0 Å². The maximum absolute atomic E-state index is 13.3.